The molecule has 1 aromatic heterocycles. The number of nitrogens with zero attached hydrogens (tertiary/aromatic N) is 5. The second-order valence-corrected chi connectivity index (χ2v) is 8.27. The minimum Gasteiger partial charge on any atom is -0.392 e. The van der Waals surface area contributed by atoms with Gasteiger partial charge in [-0.3, -0.25) is 14.4 Å². The van der Waals surface area contributed by atoms with E-state index in [1.54, 1.807) is 10.9 Å². The van der Waals surface area contributed by atoms with Crippen molar-refractivity contribution in [2.24, 2.45) is 0 Å². The molecule has 2 aromatic rings. The Kier molecular flexibility index (Phi) is 6.56. The topological polar surface area (TPSA) is 74.5 Å². The van der Waals surface area contributed by atoms with Crippen LogP contribution < -0.4 is 0 Å². The molecule has 0 spiro atoms. The van der Waals surface area contributed by atoms with Crippen molar-refractivity contribution in [2.45, 2.75) is 57.2 Å². The number of hydrogen-bond acceptors (Lipinski definition) is 5. The standard InChI is InChI=1S/C22H31N5O2/c28-20-9-5-12-26(16-20)19-10-14-25(15-11-19)22(29)21-17-27(24-23-21)13-4-8-18-6-2-1-3-7-18/h1-3,6-7,17,19-20,28H,4-5,8-16H2/t20-/m1/s1. The molecule has 7 heteroatoms. The van der Waals surface area contributed by atoms with Gasteiger partial charge in [0.2, 0.25) is 0 Å². The second-order valence-electron chi connectivity index (χ2n) is 8.27. The highest BCUT2D eigenvalue weighted by molar-refractivity contribution is 5.92. The van der Waals surface area contributed by atoms with Crippen LogP contribution in [0.15, 0.2) is 36.5 Å². The summed E-state index contributed by atoms with van der Waals surface area (Å²) in [7, 11) is 0. The summed E-state index contributed by atoms with van der Waals surface area (Å²) in [4.78, 5) is 17.1. The normalized spacial score (nSPS) is 21.4. The lowest BCUT2D eigenvalue weighted by atomic mass is 9.99. The van der Waals surface area contributed by atoms with E-state index in [0.29, 0.717) is 11.7 Å². The van der Waals surface area contributed by atoms with E-state index in [1.807, 2.05) is 11.0 Å². The van der Waals surface area contributed by atoms with Gasteiger partial charge in [-0.15, -0.1) is 5.10 Å². The number of benzene rings is 1. The third-order valence-corrected chi connectivity index (χ3v) is 6.15. The monoisotopic (exact) mass is 397 g/mol. The molecule has 7 nitrogen and oxygen atoms in total. The third-order valence-electron chi connectivity index (χ3n) is 6.15. The molecule has 2 fully saturated rings. The summed E-state index contributed by atoms with van der Waals surface area (Å²) in [6.07, 6.45) is 7.44. The lowest BCUT2D eigenvalue weighted by molar-refractivity contribution is 0.0239. The van der Waals surface area contributed by atoms with Gasteiger partial charge in [0.05, 0.1) is 12.3 Å². The third kappa shape index (κ3) is 5.22. The molecule has 4 rings (SSSR count). The average Bonchev–Trinajstić information content (AvgIpc) is 3.23. The Morgan fingerprint density at radius 2 is 1.90 bits per heavy atom. The predicted octanol–water partition coefficient (Wildman–Crippen LogP) is 1.97. The van der Waals surface area contributed by atoms with Crippen molar-refractivity contribution < 1.29 is 9.90 Å². The zero-order valence-corrected chi connectivity index (χ0v) is 17.0. The number of carbonyl (C=O) groups is 1. The number of amides is 1. The van der Waals surface area contributed by atoms with Gasteiger partial charge in [0.25, 0.3) is 5.91 Å². The maximum absolute atomic E-state index is 12.8. The number of aryl methyl sites for hydroxylation is 2. The quantitative estimate of drug-likeness (QED) is 0.807. The highest BCUT2D eigenvalue weighted by Gasteiger charge is 2.30. The Bertz CT molecular complexity index is 786. The van der Waals surface area contributed by atoms with Crippen molar-refractivity contribution in [3.63, 3.8) is 0 Å². The van der Waals surface area contributed by atoms with Gasteiger partial charge in [0.15, 0.2) is 5.69 Å². The zero-order chi connectivity index (χ0) is 20.1. The first-order chi connectivity index (χ1) is 14.2. The molecule has 1 amide bonds. The number of aliphatic hydroxyl groups excluding tert-OH is 1. The number of hydrogen-bond donors (Lipinski definition) is 1. The smallest absolute Gasteiger partial charge is 0.276 e. The van der Waals surface area contributed by atoms with E-state index in [2.05, 4.69) is 39.5 Å². The minimum atomic E-state index is -0.194. The highest BCUT2D eigenvalue weighted by Crippen LogP contribution is 2.22. The van der Waals surface area contributed by atoms with E-state index >= 15 is 0 Å². The summed E-state index contributed by atoms with van der Waals surface area (Å²) in [5.41, 5.74) is 1.75. The van der Waals surface area contributed by atoms with Gasteiger partial charge in [-0.1, -0.05) is 35.5 Å². The molecular formula is C22H31N5O2. The molecule has 29 heavy (non-hydrogen) atoms. The van der Waals surface area contributed by atoms with Crippen LogP contribution in [0.5, 0.6) is 0 Å². The summed E-state index contributed by atoms with van der Waals surface area (Å²) in [6.45, 7) is 4.09. The second kappa shape index (κ2) is 9.50. The molecule has 0 radical (unpaired) electrons. The minimum absolute atomic E-state index is 0.0172. The fourth-order valence-electron chi connectivity index (χ4n) is 4.51. The Labute approximate surface area is 172 Å². The zero-order valence-electron chi connectivity index (χ0n) is 17.0. The summed E-state index contributed by atoms with van der Waals surface area (Å²) >= 11 is 0. The lowest BCUT2D eigenvalue weighted by Crippen LogP contribution is -2.50. The maximum Gasteiger partial charge on any atom is 0.276 e. The number of β-amino-alcohol motifs (C(OH)–C–C–N with tert-alkyl or cyclic N) is 1. The first-order valence-electron chi connectivity index (χ1n) is 10.8. The van der Waals surface area contributed by atoms with Gasteiger partial charge in [-0.25, -0.2) is 0 Å². The Morgan fingerprint density at radius 3 is 2.66 bits per heavy atom. The Hall–Kier alpha value is -2.25. The van der Waals surface area contributed by atoms with E-state index in [4.69, 9.17) is 0 Å². The van der Waals surface area contributed by atoms with Crippen molar-refractivity contribution in [1.29, 1.82) is 0 Å². The Balaban J connectivity index is 1.24. The van der Waals surface area contributed by atoms with Crippen molar-refractivity contribution in [2.75, 3.05) is 26.2 Å². The van der Waals surface area contributed by atoms with Gasteiger partial charge in [0, 0.05) is 32.2 Å². The van der Waals surface area contributed by atoms with Crippen LogP contribution in [-0.4, -0.2) is 74.1 Å². The molecule has 3 heterocycles. The number of aromatic nitrogens is 3. The predicted molar refractivity (Wildman–Crippen MR) is 111 cm³/mol. The number of carbonyl (C=O) groups excluding carboxylic acids is 1. The molecule has 156 valence electrons. The van der Waals surface area contributed by atoms with Crippen LogP contribution in [0.1, 0.15) is 48.2 Å². The van der Waals surface area contributed by atoms with Crippen LogP contribution in [0.25, 0.3) is 0 Å². The molecule has 2 aliphatic rings. The van der Waals surface area contributed by atoms with E-state index in [1.165, 1.54) is 5.56 Å². The molecule has 1 aromatic carbocycles. The largest absolute Gasteiger partial charge is 0.392 e. The average molecular weight is 398 g/mol. The van der Waals surface area contributed by atoms with E-state index < -0.39 is 0 Å². The lowest BCUT2D eigenvalue weighted by Gasteiger charge is -2.41. The van der Waals surface area contributed by atoms with Crippen molar-refractivity contribution >= 4 is 5.91 Å². The molecule has 0 aliphatic carbocycles. The molecule has 1 N–H and O–H groups in total. The van der Waals surface area contributed by atoms with Crippen molar-refractivity contribution in [3.05, 3.63) is 47.8 Å². The SMILES string of the molecule is O=C(c1cn(CCCc2ccccc2)nn1)N1CCC(N2CCC[C@@H](O)C2)CC1. The number of rotatable bonds is 6. The van der Waals surface area contributed by atoms with E-state index in [9.17, 15) is 9.90 Å². The first kappa shape index (κ1) is 20.0. The molecule has 2 saturated heterocycles. The fraction of sp³-hybridized carbons (Fsp3) is 0.591. The van der Waals surface area contributed by atoms with Gasteiger partial charge in [0.1, 0.15) is 0 Å². The Morgan fingerprint density at radius 1 is 1.10 bits per heavy atom. The van der Waals surface area contributed by atoms with Gasteiger partial charge in [-0.2, -0.15) is 0 Å². The highest BCUT2D eigenvalue weighted by atomic mass is 16.3. The maximum atomic E-state index is 12.8. The van der Waals surface area contributed by atoms with Crippen molar-refractivity contribution in [3.8, 4) is 0 Å². The number of piperidine rings is 2. The molecule has 1 atom stereocenters. The molecule has 0 saturated carbocycles. The van der Waals surface area contributed by atoms with Crippen LogP contribution in [0.2, 0.25) is 0 Å². The summed E-state index contributed by atoms with van der Waals surface area (Å²) in [6, 6.07) is 10.9. The van der Waals surface area contributed by atoms with Crippen molar-refractivity contribution in [1.82, 2.24) is 24.8 Å². The van der Waals surface area contributed by atoms with E-state index in [0.717, 1.165) is 71.2 Å². The first-order valence-corrected chi connectivity index (χ1v) is 10.8. The molecule has 0 bridgehead atoms. The summed E-state index contributed by atoms with van der Waals surface area (Å²) in [5, 5.41) is 18.2. The van der Waals surface area contributed by atoms with Crippen LogP contribution in [0, 0.1) is 0 Å². The van der Waals surface area contributed by atoms with Gasteiger partial charge >= 0.3 is 0 Å². The van der Waals surface area contributed by atoms with Gasteiger partial charge in [-0.05, 0) is 50.6 Å². The van der Waals surface area contributed by atoms with Crippen LogP contribution in [0.3, 0.4) is 0 Å². The molecule has 2 aliphatic heterocycles. The molecule has 0 unspecified atom stereocenters. The van der Waals surface area contributed by atoms with E-state index in [-0.39, 0.29) is 12.0 Å². The van der Waals surface area contributed by atoms with Gasteiger partial charge < -0.3 is 10.0 Å². The number of likely N-dealkylation sites (tertiary alicyclic amines) is 2. The van der Waals surface area contributed by atoms with Crippen LogP contribution >= 0.6 is 0 Å². The fourth-order valence-corrected chi connectivity index (χ4v) is 4.51. The number of aliphatic hydroxyl groups is 1. The summed E-state index contributed by atoms with van der Waals surface area (Å²) < 4.78 is 1.78. The summed E-state index contributed by atoms with van der Waals surface area (Å²) in [5.74, 6) is -0.0172. The molecular weight excluding hydrogens is 366 g/mol. The van der Waals surface area contributed by atoms with Crippen LogP contribution in [0.4, 0.5) is 0 Å². The van der Waals surface area contributed by atoms with Crippen LogP contribution in [-0.2, 0) is 13.0 Å².